The standard InChI is InChI=1S/C40H24N4O2/c1-3-10-25(11-4-1)26-18-20-28(21-19-26)38-42-37(27-12-5-2-6-13-27)43-39(44-38)31-14-9-17-34-36(31)30-23-22-29(24-35(30)45-34)40-41-32-15-7-8-16-33(32)46-40/h1-24H. The van der Waals surface area contributed by atoms with Gasteiger partial charge < -0.3 is 8.83 Å². The molecule has 0 amide bonds. The van der Waals surface area contributed by atoms with Crippen LogP contribution in [0.25, 0.3) is 89.8 Å². The molecule has 0 aliphatic heterocycles. The van der Waals surface area contributed by atoms with E-state index in [1.807, 2.05) is 103 Å². The number of oxazole rings is 1. The molecule has 9 rings (SSSR count). The van der Waals surface area contributed by atoms with Gasteiger partial charge in [-0.3, -0.25) is 0 Å². The summed E-state index contributed by atoms with van der Waals surface area (Å²) < 4.78 is 12.4. The lowest BCUT2D eigenvalue weighted by molar-refractivity contribution is 0.619. The van der Waals surface area contributed by atoms with Crippen molar-refractivity contribution in [1.29, 1.82) is 0 Å². The Hall–Kier alpha value is -6.40. The Morgan fingerprint density at radius 2 is 0.957 bits per heavy atom. The summed E-state index contributed by atoms with van der Waals surface area (Å²) in [5, 5.41) is 1.90. The van der Waals surface area contributed by atoms with Crippen molar-refractivity contribution in [2.24, 2.45) is 0 Å². The van der Waals surface area contributed by atoms with Crippen molar-refractivity contribution >= 4 is 33.0 Å². The van der Waals surface area contributed by atoms with Gasteiger partial charge in [0.2, 0.25) is 5.89 Å². The zero-order valence-corrected chi connectivity index (χ0v) is 24.5. The summed E-state index contributed by atoms with van der Waals surface area (Å²) in [6.07, 6.45) is 0. The highest BCUT2D eigenvalue weighted by molar-refractivity contribution is 6.12. The molecule has 46 heavy (non-hydrogen) atoms. The van der Waals surface area contributed by atoms with Crippen molar-refractivity contribution in [1.82, 2.24) is 19.9 Å². The highest BCUT2D eigenvalue weighted by Crippen LogP contribution is 2.38. The number of nitrogens with zero attached hydrogens (tertiary/aromatic N) is 4. The fourth-order valence-corrected chi connectivity index (χ4v) is 5.92. The summed E-state index contributed by atoms with van der Waals surface area (Å²) in [6, 6.07) is 48.5. The maximum absolute atomic E-state index is 6.40. The number of aromatic nitrogens is 4. The Morgan fingerprint density at radius 1 is 0.370 bits per heavy atom. The van der Waals surface area contributed by atoms with Crippen LogP contribution in [-0.4, -0.2) is 19.9 Å². The van der Waals surface area contributed by atoms with Crippen LogP contribution < -0.4 is 0 Å². The number of hydrogen-bond acceptors (Lipinski definition) is 6. The Bertz CT molecular complexity index is 2490. The average molecular weight is 593 g/mol. The minimum absolute atomic E-state index is 0.552. The molecule has 0 fully saturated rings. The second-order valence-electron chi connectivity index (χ2n) is 11.1. The van der Waals surface area contributed by atoms with Crippen molar-refractivity contribution in [2.45, 2.75) is 0 Å². The van der Waals surface area contributed by atoms with Crippen LogP contribution in [0.5, 0.6) is 0 Å². The lowest BCUT2D eigenvalue weighted by Gasteiger charge is -2.10. The molecule has 0 saturated carbocycles. The van der Waals surface area contributed by atoms with Gasteiger partial charge in [-0.15, -0.1) is 0 Å². The fraction of sp³-hybridized carbons (Fsp3) is 0. The quantitative estimate of drug-likeness (QED) is 0.198. The Kier molecular flexibility index (Phi) is 6.03. The molecular weight excluding hydrogens is 568 g/mol. The molecule has 0 spiro atoms. The first-order valence-corrected chi connectivity index (χ1v) is 15.1. The van der Waals surface area contributed by atoms with Crippen molar-refractivity contribution in [3.8, 4) is 56.7 Å². The maximum atomic E-state index is 6.40. The van der Waals surface area contributed by atoms with E-state index < -0.39 is 0 Å². The Morgan fingerprint density at radius 3 is 1.72 bits per heavy atom. The van der Waals surface area contributed by atoms with Gasteiger partial charge in [0.15, 0.2) is 23.1 Å². The summed E-state index contributed by atoms with van der Waals surface area (Å²) in [6.45, 7) is 0. The maximum Gasteiger partial charge on any atom is 0.227 e. The number of furan rings is 1. The lowest BCUT2D eigenvalue weighted by Crippen LogP contribution is -2.00. The second-order valence-corrected chi connectivity index (χ2v) is 11.1. The molecule has 216 valence electrons. The normalized spacial score (nSPS) is 11.5. The topological polar surface area (TPSA) is 77.8 Å². The van der Waals surface area contributed by atoms with E-state index in [2.05, 4.69) is 47.4 Å². The predicted octanol–water partition coefficient (Wildman–Crippen LogP) is 10.2. The molecule has 6 aromatic carbocycles. The van der Waals surface area contributed by atoms with Crippen molar-refractivity contribution in [3.63, 3.8) is 0 Å². The average Bonchev–Trinajstić information content (AvgIpc) is 3.74. The smallest absolute Gasteiger partial charge is 0.227 e. The van der Waals surface area contributed by atoms with Crippen LogP contribution in [-0.2, 0) is 0 Å². The van der Waals surface area contributed by atoms with Gasteiger partial charge in [-0.1, -0.05) is 109 Å². The number of rotatable bonds is 5. The van der Waals surface area contributed by atoms with Gasteiger partial charge in [0.05, 0.1) is 0 Å². The van der Waals surface area contributed by atoms with Crippen LogP contribution in [0.15, 0.2) is 154 Å². The first-order valence-electron chi connectivity index (χ1n) is 15.1. The summed E-state index contributed by atoms with van der Waals surface area (Å²) in [5.41, 5.74) is 8.88. The number of para-hydroxylation sites is 2. The molecule has 3 aromatic heterocycles. The van der Waals surface area contributed by atoms with E-state index in [0.717, 1.165) is 66.4 Å². The minimum atomic E-state index is 0.552. The Labute approximate surface area is 263 Å². The number of benzene rings is 6. The van der Waals surface area contributed by atoms with Crippen LogP contribution in [0.4, 0.5) is 0 Å². The molecule has 0 bridgehead atoms. The fourth-order valence-electron chi connectivity index (χ4n) is 5.92. The molecule has 0 N–H and O–H groups in total. The number of fused-ring (bicyclic) bond motifs is 4. The molecule has 6 heteroatoms. The third-order valence-corrected chi connectivity index (χ3v) is 8.20. The minimum Gasteiger partial charge on any atom is -0.456 e. The lowest BCUT2D eigenvalue weighted by atomic mass is 10.0. The zero-order valence-electron chi connectivity index (χ0n) is 24.5. The van der Waals surface area contributed by atoms with Crippen LogP contribution in [0.1, 0.15) is 0 Å². The molecular formula is C40H24N4O2. The monoisotopic (exact) mass is 592 g/mol. The summed E-state index contributed by atoms with van der Waals surface area (Å²) >= 11 is 0. The van der Waals surface area contributed by atoms with Crippen molar-refractivity contribution in [2.75, 3.05) is 0 Å². The molecule has 3 heterocycles. The molecule has 6 nitrogen and oxygen atoms in total. The van der Waals surface area contributed by atoms with E-state index in [1.165, 1.54) is 0 Å². The van der Waals surface area contributed by atoms with Gasteiger partial charge >= 0.3 is 0 Å². The van der Waals surface area contributed by atoms with Crippen LogP contribution in [0, 0.1) is 0 Å². The highest BCUT2D eigenvalue weighted by Gasteiger charge is 2.19. The molecule has 9 aromatic rings. The van der Waals surface area contributed by atoms with Crippen molar-refractivity contribution in [3.05, 3.63) is 146 Å². The van der Waals surface area contributed by atoms with Crippen LogP contribution in [0.2, 0.25) is 0 Å². The first-order chi connectivity index (χ1) is 22.8. The van der Waals surface area contributed by atoms with E-state index in [0.29, 0.717) is 23.4 Å². The van der Waals surface area contributed by atoms with Crippen LogP contribution in [0.3, 0.4) is 0 Å². The Balaban J connectivity index is 1.19. The van der Waals surface area contributed by atoms with Gasteiger partial charge in [0.25, 0.3) is 0 Å². The summed E-state index contributed by atoms with van der Waals surface area (Å²) in [7, 11) is 0. The SMILES string of the molecule is c1ccc(-c2ccc(-c3nc(-c4ccccc4)nc(-c4cccc5oc6cc(-c7nc8ccccc8o7)ccc6c45)n3)cc2)cc1. The zero-order chi connectivity index (χ0) is 30.5. The third kappa shape index (κ3) is 4.52. The molecule has 0 saturated heterocycles. The van der Waals surface area contributed by atoms with E-state index in [9.17, 15) is 0 Å². The largest absolute Gasteiger partial charge is 0.456 e. The predicted molar refractivity (Wildman–Crippen MR) is 182 cm³/mol. The third-order valence-electron chi connectivity index (χ3n) is 8.20. The van der Waals surface area contributed by atoms with Gasteiger partial charge in [0.1, 0.15) is 16.7 Å². The second kappa shape index (κ2) is 10.6. The summed E-state index contributed by atoms with van der Waals surface area (Å²) in [5.74, 6) is 2.34. The van der Waals surface area contributed by atoms with E-state index in [1.54, 1.807) is 0 Å². The first kappa shape index (κ1) is 26.0. The van der Waals surface area contributed by atoms with Gasteiger partial charge in [-0.2, -0.15) is 0 Å². The molecule has 0 radical (unpaired) electrons. The molecule has 0 aliphatic rings. The summed E-state index contributed by atoms with van der Waals surface area (Å²) in [4.78, 5) is 19.6. The van der Waals surface area contributed by atoms with E-state index in [-0.39, 0.29) is 0 Å². The van der Waals surface area contributed by atoms with E-state index >= 15 is 0 Å². The molecule has 0 aliphatic carbocycles. The van der Waals surface area contributed by atoms with Crippen LogP contribution >= 0.6 is 0 Å². The number of hydrogen-bond donors (Lipinski definition) is 0. The van der Waals surface area contributed by atoms with Gasteiger partial charge in [-0.25, -0.2) is 19.9 Å². The van der Waals surface area contributed by atoms with E-state index in [4.69, 9.17) is 23.8 Å². The molecule has 0 atom stereocenters. The van der Waals surface area contributed by atoms with Crippen molar-refractivity contribution < 1.29 is 8.83 Å². The highest BCUT2D eigenvalue weighted by atomic mass is 16.3. The molecule has 0 unspecified atom stereocenters. The van der Waals surface area contributed by atoms with Gasteiger partial charge in [0, 0.05) is 33.0 Å². The van der Waals surface area contributed by atoms with Gasteiger partial charge in [-0.05, 0) is 47.5 Å².